The summed E-state index contributed by atoms with van der Waals surface area (Å²) in [6, 6.07) is 2.65. The number of halogens is 4. The predicted octanol–water partition coefficient (Wildman–Crippen LogP) is 2.11. The van der Waals surface area contributed by atoms with Crippen molar-refractivity contribution in [3.05, 3.63) is 29.6 Å². The SMILES string of the molecule is CC(NCC(O)C(F)(F)F)c1ccc(O)cc1F. The van der Waals surface area contributed by atoms with Gasteiger partial charge in [-0.25, -0.2) is 4.39 Å². The first-order chi connectivity index (χ1) is 8.21. The number of benzene rings is 1. The van der Waals surface area contributed by atoms with Crippen LogP contribution in [0.3, 0.4) is 0 Å². The lowest BCUT2D eigenvalue weighted by molar-refractivity contribution is -0.202. The zero-order valence-corrected chi connectivity index (χ0v) is 9.50. The molecule has 1 aromatic rings. The first-order valence-electron chi connectivity index (χ1n) is 5.18. The highest BCUT2D eigenvalue weighted by Gasteiger charge is 2.38. The van der Waals surface area contributed by atoms with Gasteiger partial charge in [-0.3, -0.25) is 0 Å². The molecule has 3 nitrogen and oxygen atoms in total. The number of phenols is 1. The summed E-state index contributed by atoms with van der Waals surface area (Å²) in [6.45, 7) is 0.726. The van der Waals surface area contributed by atoms with E-state index in [-0.39, 0.29) is 11.3 Å². The summed E-state index contributed by atoms with van der Waals surface area (Å²) < 4.78 is 49.5. The highest BCUT2D eigenvalue weighted by Crippen LogP contribution is 2.23. The number of phenolic OH excluding ortho intramolecular Hbond substituents is 1. The second-order valence-electron chi connectivity index (χ2n) is 3.89. The fraction of sp³-hybridized carbons (Fsp3) is 0.455. The average molecular weight is 267 g/mol. The molecule has 0 aliphatic rings. The summed E-state index contributed by atoms with van der Waals surface area (Å²) in [5.74, 6) is -0.990. The molecule has 7 heteroatoms. The monoisotopic (exact) mass is 267 g/mol. The molecule has 0 fully saturated rings. The summed E-state index contributed by atoms with van der Waals surface area (Å²) >= 11 is 0. The van der Waals surface area contributed by atoms with E-state index in [0.29, 0.717) is 0 Å². The van der Waals surface area contributed by atoms with E-state index in [1.807, 2.05) is 0 Å². The Morgan fingerprint density at radius 3 is 2.44 bits per heavy atom. The van der Waals surface area contributed by atoms with E-state index in [2.05, 4.69) is 5.32 Å². The topological polar surface area (TPSA) is 52.5 Å². The lowest BCUT2D eigenvalue weighted by atomic mass is 10.1. The molecule has 0 saturated carbocycles. The van der Waals surface area contributed by atoms with Gasteiger partial charge < -0.3 is 15.5 Å². The Morgan fingerprint density at radius 1 is 1.33 bits per heavy atom. The van der Waals surface area contributed by atoms with Crippen LogP contribution >= 0.6 is 0 Å². The first kappa shape index (κ1) is 14.7. The van der Waals surface area contributed by atoms with E-state index in [4.69, 9.17) is 10.2 Å². The molecule has 0 bridgehead atoms. The predicted molar refractivity (Wildman–Crippen MR) is 56.5 cm³/mol. The van der Waals surface area contributed by atoms with E-state index >= 15 is 0 Å². The average Bonchev–Trinajstić information content (AvgIpc) is 2.24. The molecule has 2 unspecified atom stereocenters. The molecular formula is C11H13F4NO2. The van der Waals surface area contributed by atoms with E-state index in [9.17, 15) is 17.6 Å². The van der Waals surface area contributed by atoms with Gasteiger partial charge in [0.25, 0.3) is 0 Å². The summed E-state index contributed by atoms with van der Waals surface area (Å²) in [5.41, 5.74) is 0.113. The quantitative estimate of drug-likeness (QED) is 0.732. The van der Waals surface area contributed by atoms with E-state index in [1.165, 1.54) is 19.1 Å². The molecule has 3 N–H and O–H groups in total. The highest BCUT2D eigenvalue weighted by atomic mass is 19.4. The minimum Gasteiger partial charge on any atom is -0.508 e. The van der Waals surface area contributed by atoms with Gasteiger partial charge in [0.05, 0.1) is 0 Å². The van der Waals surface area contributed by atoms with Crippen molar-refractivity contribution in [3.8, 4) is 5.75 Å². The van der Waals surface area contributed by atoms with E-state index in [0.717, 1.165) is 6.07 Å². The van der Waals surface area contributed by atoms with Gasteiger partial charge >= 0.3 is 6.18 Å². The molecule has 0 radical (unpaired) electrons. The van der Waals surface area contributed by atoms with Crippen LogP contribution in [0, 0.1) is 5.82 Å². The molecule has 0 spiro atoms. The molecule has 1 rings (SSSR count). The third-order valence-electron chi connectivity index (χ3n) is 2.45. The Hall–Kier alpha value is -1.34. The van der Waals surface area contributed by atoms with Crippen molar-refractivity contribution in [2.45, 2.75) is 25.2 Å². The van der Waals surface area contributed by atoms with Crippen LogP contribution in [0.4, 0.5) is 17.6 Å². The van der Waals surface area contributed by atoms with Crippen molar-refractivity contribution in [2.75, 3.05) is 6.54 Å². The molecule has 0 aliphatic heterocycles. The highest BCUT2D eigenvalue weighted by molar-refractivity contribution is 5.29. The molecule has 18 heavy (non-hydrogen) atoms. The number of hydrogen-bond donors (Lipinski definition) is 3. The first-order valence-corrected chi connectivity index (χ1v) is 5.18. The smallest absolute Gasteiger partial charge is 0.415 e. The number of aliphatic hydroxyl groups excluding tert-OH is 1. The Bertz CT molecular complexity index is 409. The summed E-state index contributed by atoms with van der Waals surface area (Å²) in [7, 11) is 0. The van der Waals surface area contributed by atoms with Gasteiger partial charge in [-0.15, -0.1) is 0 Å². The third kappa shape index (κ3) is 3.85. The molecular weight excluding hydrogens is 254 g/mol. The van der Waals surface area contributed by atoms with Crippen molar-refractivity contribution in [1.82, 2.24) is 5.32 Å². The Labute approximate surface area is 101 Å². The summed E-state index contributed by atoms with van der Waals surface area (Å²) in [6.07, 6.45) is -7.21. The van der Waals surface area contributed by atoms with Crippen LogP contribution in [0.25, 0.3) is 0 Å². The van der Waals surface area contributed by atoms with Crippen LogP contribution in [-0.4, -0.2) is 29.0 Å². The fourth-order valence-corrected chi connectivity index (χ4v) is 1.38. The van der Waals surface area contributed by atoms with Crippen LogP contribution in [-0.2, 0) is 0 Å². The van der Waals surface area contributed by atoms with Gasteiger partial charge in [-0.2, -0.15) is 13.2 Å². The van der Waals surface area contributed by atoms with E-state index in [1.54, 1.807) is 0 Å². The van der Waals surface area contributed by atoms with Gasteiger partial charge in [0.15, 0.2) is 6.10 Å². The van der Waals surface area contributed by atoms with Crippen molar-refractivity contribution in [2.24, 2.45) is 0 Å². The van der Waals surface area contributed by atoms with Crippen LogP contribution in [0.5, 0.6) is 5.75 Å². The van der Waals surface area contributed by atoms with Gasteiger partial charge in [-0.1, -0.05) is 6.07 Å². The zero-order chi connectivity index (χ0) is 13.9. The molecule has 0 aliphatic carbocycles. The summed E-state index contributed by atoms with van der Waals surface area (Å²) in [4.78, 5) is 0. The van der Waals surface area contributed by atoms with Crippen molar-refractivity contribution < 1.29 is 27.8 Å². The van der Waals surface area contributed by atoms with Gasteiger partial charge in [0.1, 0.15) is 11.6 Å². The number of hydrogen-bond acceptors (Lipinski definition) is 3. The minimum absolute atomic E-state index is 0.113. The largest absolute Gasteiger partial charge is 0.508 e. The second kappa shape index (κ2) is 5.53. The van der Waals surface area contributed by atoms with Gasteiger partial charge in [0, 0.05) is 24.2 Å². The number of alkyl halides is 3. The number of rotatable bonds is 4. The van der Waals surface area contributed by atoms with Crippen molar-refractivity contribution >= 4 is 0 Å². The maximum atomic E-state index is 13.4. The van der Waals surface area contributed by atoms with Crippen molar-refractivity contribution in [3.63, 3.8) is 0 Å². The van der Waals surface area contributed by atoms with Crippen LogP contribution in [0.15, 0.2) is 18.2 Å². The van der Waals surface area contributed by atoms with Gasteiger partial charge in [-0.05, 0) is 13.0 Å². The van der Waals surface area contributed by atoms with Crippen molar-refractivity contribution in [1.29, 1.82) is 0 Å². The molecule has 0 aromatic heterocycles. The normalized spacial score (nSPS) is 15.4. The third-order valence-corrected chi connectivity index (χ3v) is 2.45. The minimum atomic E-state index is -4.71. The van der Waals surface area contributed by atoms with Gasteiger partial charge in [0.2, 0.25) is 0 Å². The maximum Gasteiger partial charge on any atom is 0.415 e. The molecule has 2 atom stereocenters. The lowest BCUT2D eigenvalue weighted by Crippen LogP contribution is -2.39. The molecule has 102 valence electrons. The number of nitrogens with one attached hydrogen (secondary N) is 1. The van der Waals surface area contributed by atoms with Crippen LogP contribution < -0.4 is 5.32 Å². The number of aromatic hydroxyl groups is 1. The Morgan fingerprint density at radius 2 is 1.94 bits per heavy atom. The summed E-state index contributed by atoms with van der Waals surface area (Å²) in [5, 5.41) is 20.1. The van der Waals surface area contributed by atoms with Crippen LogP contribution in [0.2, 0.25) is 0 Å². The molecule has 1 aromatic carbocycles. The number of aliphatic hydroxyl groups is 1. The Kier molecular flexibility index (Phi) is 4.53. The molecule has 0 saturated heterocycles. The lowest BCUT2D eigenvalue weighted by Gasteiger charge is -2.19. The second-order valence-corrected chi connectivity index (χ2v) is 3.89. The van der Waals surface area contributed by atoms with Crippen LogP contribution in [0.1, 0.15) is 18.5 Å². The molecule has 0 heterocycles. The zero-order valence-electron chi connectivity index (χ0n) is 9.50. The fourth-order valence-electron chi connectivity index (χ4n) is 1.38. The standard InChI is InChI=1S/C11H13F4NO2/c1-6(16-5-10(18)11(13,14)15)8-3-2-7(17)4-9(8)12/h2-4,6,10,16-18H,5H2,1H3. The van der Waals surface area contributed by atoms with E-state index < -0.39 is 30.7 Å². The maximum absolute atomic E-state index is 13.4. The molecule has 0 amide bonds. The Balaban J connectivity index is 2.63.